The molecule has 0 aromatic rings. The Labute approximate surface area is 97.2 Å². The summed E-state index contributed by atoms with van der Waals surface area (Å²) in [6.07, 6.45) is 0. The monoisotopic (exact) mass is 250 g/mol. The van der Waals surface area contributed by atoms with Gasteiger partial charge in [0.1, 0.15) is 6.07 Å². The first-order chi connectivity index (χ1) is 6.74. The van der Waals surface area contributed by atoms with Crippen LogP contribution in [0.2, 0.25) is 0 Å². The third kappa shape index (κ3) is 4.22. The van der Waals surface area contributed by atoms with Crippen LogP contribution in [0, 0.1) is 29.1 Å². The van der Waals surface area contributed by atoms with E-state index < -0.39 is 13.5 Å². The number of nitrogens with zero attached hydrogens (tertiary/aromatic N) is 1. The Hall–Kier alpha value is 0.0900. The maximum absolute atomic E-state index is 10.6. The van der Waals surface area contributed by atoms with Gasteiger partial charge in [0, 0.05) is 5.92 Å². The molecule has 0 aromatic heterocycles. The van der Waals surface area contributed by atoms with Crippen LogP contribution in [0.25, 0.3) is 0 Å². The van der Waals surface area contributed by atoms with Gasteiger partial charge in [0.05, 0.1) is 0 Å². The highest BCUT2D eigenvalue weighted by atomic mass is 35.5. The molecule has 0 spiro atoms. The van der Waals surface area contributed by atoms with Crippen molar-refractivity contribution in [3.05, 3.63) is 0 Å². The molecule has 0 rings (SSSR count). The molecular formula is C9H16ClN2O2P-2. The Morgan fingerprint density at radius 1 is 1.27 bits per heavy atom. The summed E-state index contributed by atoms with van der Waals surface area (Å²) in [5.41, 5.74) is 0. The molecule has 0 aliphatic carbocycles. The Bertz CT molecular complexity index is 235. The highest BCUT2D eigenvalue weighted by Gasteiger charge is 2.40. The molecule has 88 valence electrons. The van der Waals surface area contributed by atoms with Crippen molar-refractivity contribution in [1.29, 1.82) is 5.26 Å². The lowest BCUT2D eigenvalue weighted by molar-refractivity contribution is -0.297. The summed E-state index contributed by atoms with van der Waals surface area (Å²) in [4.78, 5) is 19.7. The van der Waals surface area contributed by atoms with Gasteiger partial charge in [-0.05, 0) is 11.8 Å². The molecule has 0 radical (unpaired) electrons. The summed E-state index contributed by atoms with van der Waals surface area (Å²) in [7, 11) is -2.88. The molecule has 1 unspecified atom stereocenters. The molecule has 0 amide bonds. The van der Waals surface area contributed by atoms with E-state index in [4.69, 9.17) is 16.9 Å². The highest BCUT2D eigenvalue weighted by Crippen LogP contribution is 2.37. The summed E-state index contributed by atoms with van der Waals surface area (Å²) >= 11 is 6.02. The van der Waals surface area contributed by atoms with E-state index in [9.17, 15) is 9.79 Å². The zero-order valence-corrected chi connectivity index (χ0v) is 11.0. The number of alkyl halides is 1. The number of nitriles is 1. The molecule has 15 heavy (non-hydrogen) atoms. The lowest BCUT2D eigenvalue weighted by Crippen LogP contribution is -2.49. The Kier molecular flexibility index (Phi) is 6.02. The summed E-state index contributed by atoms with van der Waals surface area (Å²) in [5, 5.41) is 11.1. The highest BCUT2D eigenvalue weighted by molar-refractivity contribution is 7.39. The topological polar surface area (TPSA) is 81.9 Å². The Balaban J connectivity index is 4.97. The van der Waals surface area contributed by atoms with Gasteiger partial charge < -0.3 is 9.79 Å². The minimum Gasteiger partial charge on any atom is -0.830 e. The third-order valence-electron chi connectivity index (χ3n) is 2.31. The number of hydrogen-bond acceptors (Lipinski definition) is 4. The number of rotatable bonds is 5. The minimum absolute atomic E-state index is 0.115. The molecule has 0 aliphatic rings. The van der Waals surface area contributed by atoms with E-state index >= 15 is 0 Å². The van der Waals surface area contributed by atoms with Crippen LogP contribution in [0.4, 0.5) is 0 Å². The van der Waals surface area contributed by atoms with Crippen molar-refractivity contribution in [2.45, 2.75) is 32.7 Å². The van der Waals surface area contributed by atoms with Crippen LogP contribution in [-0.2, 0) is 0 Å². The fourth-order valence-corrected chi connectivity index (χ4v) is 3.17. The SMILES string of the molecule is CC(C)C(C(C)C)C(Cl)(C#N)NP([O-])[O-]. The molecule has 0 saturated heterocycles. The van der Waals surface area contributed by atoms with Gasteiger partial charge in [-0.3, -0.25) is 5.09 Å². The summed E-state index contributed by atoms with van der Waals surface area (Å²) in [6, 6.07) is 1.84. The molecular weight excluding hydrogens is 235 g/mol. The predicted octanol–water partition coefficient (Wildman–Crippen LogP) is 0.910. The number of hydrogen-bond donors (Lipinski definition) is 1. The molecule has 4 nitrogen and oxygen atoms in total. The summed E-state index contributed by atoms with van der Waals surface area (Å²) in [5.74, 6) is -0.00809. The van der Waals surface area contributed by atoms with Crippen molar-refractivity contribution in [3.63, 3.8) is 0 Å². The lowest BCUT2D eigenvalue weighted by Gasteiger charge is -2.43. The van der Waals surface area contributed by atoms with Gasteiger partial charge >= 0.3 is 0 Å². The van der Waals surface area contributed by atoms with E-state index in [1.807, 2.05) is 33.8 Å². The maximum Gasteiger partial charge on any atom is 0.185 e. The Morgan fingerprint density at radius 2 is 1.67 bits per heavy atom. The maximum atomic E-state index is 10.6. The second-order valence-corrected chi connectivity index (χ2v) is 5.54. The van der Waals surface area contributed by atoms with Crippen LogP contribution in [-0.4, -0.2) is 5.00 Å². The van der Waals surface area contributed by atoms with Gasteiger partial charge in [0.15, 0.2) is 5.00 Å². The first-order valence-electron chi connectivity index (χ1n) is 4.77. The van der Waals surface area contributed by atoms with Crippen LogP contribution >= 0.6 is 20.1 Å². The predicted molar refractivity (Wildman–Crippen MR) is 57.4 cm³/mol. The number of halogens is 1. The van der Waals surface area contributed by atoms with Gasteiger partial charge in [0.2, 0.25) is 0 Å². The third-order valence-corrected chi connectivity index (χ3v) is 3.41. The quantitative estimate of drug-likeness (QED) is 0.447. The van der Waals surface area contributed by atoms with Gasteiger partial charge in [-0.2, -0.15) is 5.26 Å². The van der Waals surface area contributed by atoms with Gasteiger partial charge in [-0.1, -0.05) is 39.3 Å². The van der Waals surface area contributed by atoms with Crippen molar-refractivity contribution >= 4 is 20.1 Å². The molecule has 6 heteroatoms. The smallest absolute Gasteiger partial charge is 0.185 e. The molecule has 0 bridgehead atoms. The van der Waals surface area contributed by atoms with Gasteiger partial charge in [-0.15, -0.1) is 0 Å². The van der Waals surface area contributed by atoms with Crippen LogP contribution < -0.4 is 14.9 Å². The van der Waals surface area contributed by atoms with E-state index in [1.165, 1.54) is 0 Å². The largest absolute Gasteiger partial charge is 0.830 e. The molecule has 0 saturated carbocycles. The van der Waals surface area contributed by atoms with Crippen LogP contribution in [0.1, 0.15) is 27.7 Å². The van der Waals surface area contributed by atoms with Crippen LogP contribution in [0.5, 0.6) is 0 Å². The second-order valence-electron chi connectivity index (χ2n) is 4.21. The molecule has 0 aliphatic heterocycles. The van der Waals surface area contributed by atoms with Crippen molar-refractivity contribution < 1.29 is 9.79 Å². The summed E-state index contributed by atoms with van der Waals surface area (Å²) < 4.78 is 0. The Morgan fingerprint density at radius 3 is 1.87 bits per heavy atom. The fraction of sp³-hybridized carbons (Fsp3) is 0.889. The van der Waals surface area contributed by atoms with E-state index in [0.29, 0.717) is 0 Å². The first kappa shape index (κ1) is 15.1. The van der Waals surface area contributed by atoms with Crippen molar-refractivity contribution in [2.75, 3.05) is 0 Å². The normalized spacial score (nSPS) is 16.1. The average Bonchev–Trinajstić information content (AvgIpc) is 2.00. The van der Waals surface area contributed by atoms with Crippen LogP contribution in [0.15, 0.2) is 0 Å². The molecule has 1 N–H and O–H groups in total. The minimum atomic E-state index is -2.88. The molecule has 0 heterocycles. The molecule has 0 aromatic carbocycles. The van der Waals surface area contributed by atoms with Crippen molar-refractivity contribution in [2.24, 2.45) is 17.8 Å². The number of nitrogens with one attached hydrogen (secondary N) is 1. The van der Waals surface area contributed by atoms with E-state index in [0.717, 1.165) is 0 Å². The second kappa shape index (κ2) is 5.98. The average molecular weight is 251 g/mol. The van der Waals surface area contributed by atoms with E-state index in [1.54, 1.807) is 0 Å². The van der Waals surface area contributed by atoms with E-state index in [2.05, 4.69) is 5.09 Å². The van der Waals surface area contributed by atoms with Gasteiger partial charge in [0.25, 0.3) is 0 Å². The lowest BCUT2D eigenvalue weighted by atomic mass is 9.80. The standard InChI is InChI=1S/C9H16ClN2O2P/c1-6(2)8(7(3)4)9(10,5-11)12-15(13)14/h6-8,12H,1-4H3/q-2. The zero-order valence-electron chi connectivity index (χ0n) is 9.32. The van der Waals surface area contributed by atoms with Crippen molar-refractivity contribution in [3.8, 4) is 6.07 Å². The fourth-order valence-electron chi connectivity index (χ4n) is 2.00. The van der Waals surface area contributed by atoms with E-state index in [-0.39, 0.29) is 17.8 Å². The summed E-state index contributed by atoms with van der Waals surface area (Å²) in [6.45, 7) is 7.66. The molecule has 1 atom stereocenters. The van der Waals surface area contributed by atoms with Crippen LogP contribution in [0.3, 0.4) is 0 Å². The molecule has 0 fully saturated rings. The first-order valence-corrected chi connectivity index (χ1v) is 6.32. The zero-order chi connectivity index (χ0) is 12.2. The van der Waals surface area contributed by atoms with Gasteiger partial charge in [-0.25, -0.2) is 8.53 Å². The van der Waals surface area contributed by atoms with Crippen molar-refractivity contribution in [1.82, 2.24) is 5.09 Å².